The van der Waals surface area contributed by atoms with E-state index in [1.807, 2.05) is 22.8 Å². The number of pyridine rings is 1. The molecule has 7 heteroatoms. The number of fused-ring (bicyclic) bond motifs is 1. The molecule has 0 aliphatic carbocycles. The molecular weight excluding hydrogens is 308 g/mol. The third-order valence-electron chi connectivity index (χ3n) is 3.44. The maximum Gasteiger partial charge on any atom is 0.200 e. The van der Waals surface area contributed by atoms with Gasteiger partial charge in [-0.25, -0.2) is 4.98 Å². The number of nitrogens with zero attached hydrogens (tertiary/aromatic N) is 4. The molecule has 0 radical (unpaired) electrons. The molecule has 118 valence electrons. The van der Waals surface area contributed by atoms with E-state index in [1.54, 1.807) is 6.20 Å². The number of nitrogens with one attached hydrogen (secondary N) is 1. The number of imidazole rings is 1. The van der Waals surface area contributed by atoms with E-state index in [9.17, 15) is 0 Å². The molecule has 0 bridgehead atoms. The Kier molecular flexibility index (Phi) is 4.20. The molecule has 0 unspecified atom stereocenters. The van der Waals surface area contributed by atoms with Crippen molar-refractivity contribution >= 4 is 29.2 Å². The van der Waals surface area contributed by atoms with Gasteiger partial charge in [-0.05, 0) is 44.6 Å². The molecule has 0 aliphatic heterocycles. The van der Waals surface area contributed by atoms with Gasteiger partial charge in [-0.1, -0.05) is 17.7 Å². The van der Waals surface area contributed by atoms with Crippen molar-refractivity contribution in [2.45, 2.75) is 26.8 Å². The maximum atomic E-state index is 6.02. The van der Waals surface area contributed by atoms with Crippen molar-refractivity contribution < 1.29 is 0 Å². The summed E-state index contributed by atoms with van der Waals surface area (Å²) >= 11 is 5.15. The van der Waals surface area contributed by atoms with Crippen LogP contribution in [0.5, 0.6) is 0 Å². The second-order valence-electron chi connectivity index (χ2n) is 5.50. The first-order valence-electron chi connectivity index (χ1n) is 7.37. The Balaban J connectivity index is 2.19. The van der Waals surface area contributed by atoms with Crippen LogP contribution in [0.2, 0.25) is 0 Å². The van der Waals surface area contributed by atoms with E-state index in [-0.39, 0.29) is 0 Å². The monoisotopic (exact) mass is 326 g/mol. The quantitative estimate of drug-likeness (QED) is 0.566. The highest BCUT2D eigenvalue weighted by atomic mass is 32.1. The first-order chi connectivity index (χ1) is 11.1. The molecule has 0 aromatic carbocycles. The third-order valence-corrected chi connectivity index (χ3v) is 3.64. The van der Waals surface area contributed by atoms with Crippen LogP contribution in [-0.2, 0) is 6.54 Å². The minimum atomic E-state index is 0.353. The highest BCUT2D eigenvalue weighted by Gasteiger charge is 2.16. The maximum absolute atomic E-state index is 6.02. The first kappa shape index (κ1) is 15.4. The molecule has 3 rings (SSSR count). The van der Waals surface area contributed by atoms with Crippen molar-refractivity contribution in [2.24, 2.45) is 0 Å². The Morgan fingerprint density at radius 3 is 2.87 bits per heavy atom. The largest absolute Gasteiger partial charge is 0.383 e. The van der Waals surface area contributed by atoms with Gasteiger partial charge in [0.05, 0.1) is 0 Å². The van der Waals surface area contributed by atoms with Crippen molar-refractivity contribution in [1.29, 1.82) is 0 Å². The lowest BCUT2D eigenvalue weighted by atomic mass is 10.2. The van der Waals surface area contributed by atoms with Crippen LogP contribution in [0.25, 0.3) is 22.7 Å². The molecule has 3 aromatic heterocycles. The van der Waals surface area contributed by atoms with Crippen LogP contribution < -0.4 is 5.73 Å². The van der Waals surface area contributed by atoms with Gasteiger partial charge >= 0.3 is 0 Å². The average molecular weight is 326 g/mol. The Morgan fingerprint density at radius 1 is 1.35 bits per heavy atom. The lowest BCUT2D eigenvalue weighted by Crippen LogP contribution is -2.03. The van der Waals surface area contributed by atoms with Gasteiger partial charge in [-0.15, -0.1) is 0 Å². The number of H-pyrrole nitrogens is 1. The number of aromatic amines is 1. The predicted octanol–water partition coefficient (Wildman–Crippen LogP) is 3.49. The molecule has 3 N–H and O–H groups in total. The lowest BCUT2D eigenvalue weighted by Gasteiger charge is -2.07. The molecule has 6 nitrogen and oxygen atoms in total. The summed E-state index contributed by atoms with van der Waals surface area (Å²) in [7, 11) is 0. The summed E-state index contributed by atoms with van der Waals surface area (Å²) in [4.78, 5) is 16.3. The predicted molar refractivity (Wildman–Crippen MR) is 94.4 cm³/mol. The van der Waals surface area contributed by atoms with Gasteiger partial charge in [-0.3, -0.25) is 4.98 Å². The topological polar surface area (TPSA) is 85.4 Å². The summed E-state index contributed by atoms with van der Waals surface area (Å²) in [5.74, 6) is 1.18. The zero-order valence-corrected chi connectivity index (χ0v) is 13.9. The summed E-state index contributed by atoms with van der Waals surface area (Å²) in [6.45, 7) is 4.90. The smallest absolute Gasteiger partial charge is 0.200 e. The third kappa shape index (κ3) is 3.14. The van der Waals surface area contributed by atoms with Gasteiger partial charge in [0.15, 0.2) is 16.2 Å². The molecule has 0 atom stereocenters. The second-order valence-corrected chi connectivity index (χ2v) is 5.89. The van der Waals surface area contributed by atoms with Crippen LogP contribution in [0, 0.1) is 4.77 Å². The second kappa shape index (κ2) is 6.29. The van der Waals surface area contributed by atoms with Gasteiger partial charge in [0.25, 0.3) is 0 Å². The Bertz CT molecular complexity index is 919. The minimum absolute atomic E-state index is 0.353. The van der Waals surface area contributed by atoms with E-state index in [1.165, 1.54) is 5.57 Å². The van der Waals surface area contributed by atoms with Crippen LogP contribution in [0.1, 0.15) is 20.3 Å². The zero-order valence-electron chi connectivity index (χ0n) is 13.1. The molecular formula is C16H18N6S. The van der Waals surface area contributed by atoms with E-state index in [0.29, 0.717) is 21.8 Å². The van der Waals surface area contributed by atoms with Crippen LogP contribution in [0.3, 0.4) is 0 Å². The molecule has 0 spiro atoms. The van der Waals surface area contributed by atoms with E-state index >= 15 is 0 Å². The highest BCUT2D eigenvalue weighted by molar-refractivity contribution is 7.71. The fourth-order valence-corrected chi connectivity index (χ4v) is 2.62. The van der Waals surface area contributed by atoms with Crippen LogP contribution in [0.4, 0.5) is 5.82 Å². The van der Waals surface area contributed by atoms with Crippen molar-refractivity contribution in [3.63, 3.8) is 0 Å². The molecule has 0 amide bonds. The number of hydrogen-bond acceptors (Lipinski definition) is 5. The van der Waals surface area contributed by atoms with Gasteiger partial charge in [0.1, 0.15) is 17.0 Å². The number of anilines is 1. The number of aromatic nitrogens is 5. The Morgan fingerprint density at radius 2 is 2.17 bits per heavy atom. The summed E-state index contributed by atoms with van der Waals surface area (Å²) in [6.07, 6.45) is 4.80. The SMILES string of the molecule is CC(C)=CCCn1c(-c2ccccn2)nc2c(N)[nH]c(=S)nc21. The average Bonchev–Trinajstić information content (AvgIpc) is 2.87. The van der Waals surface area contributed by atoms with Crippen molar-refractivity contribution in [3.8, 4) is 11.5 Å². The van der Waals surface area contributed by atoms with Gasteiger partial charge in [-0.2, -0.15) is 4.98 Å². The fourth-order valence-electron chi connectivity index (χ4n) is 2.42. The molecule has 3 aromatic rings. The zero-order chi connectivity index (χ0) is 16.4. The standard InChI is InChI=1S/C16H18N6S/c1-10(2)6-5-9-22-14(11-7-3-4-8-18-11)19-12-13(17)20-16(23)21-15(12)22/h3-4,6-8H,5,9H2,1-2H3,(H3,17,20,21,23). The Hall–Kier alpha value is -2.54. The van der Waals surface area contributed by atoms with Crippen molar-refractivity contribution in [1.82, 2.24) is 24.5 Å². The van der Waals surface area contributed by atoms with E-state index in [4.69, 9.17) is 18.0 Å². The molecule has 23 heavy (non-hydrogen) atoms. The number of rotatable bonds is 4. The summed E-state index contributed by atoms with van der Waals surface area (Å²) < 4.78 is 2.38. The van der Waals surface area contributed by atoms with Gasteiger partial charge in [0, 0.05) is 12.7 Å². The van der Waals surface area contributed by atoms with Crippen LogP contribution in [-0.4, -0.2) is 24.5 Å². The Labute approximate surface area is 139 Å². The molecule has 0 saturated carbocycles. The summed E-state index contributed by atoms with van der Waals surface area (Å²) in [5.41, 5.74) is 9.40. The number of hydrogen-bond donors (Lipinski definition) is 2. The van der Waals surface area contributed by atoms with Crippen molar-refractivity contribution in [2.75, 3.05) is 5.73 Å². The summed E-state index contributed by atoms with van der Waals surface area (Å²) in [6, 6.07) is 5.73. The highest BCUT2D eigenvalue weighted by Crippen LogP contribution is 2.25. The molecule has 3 heterocycles. The van der Waals surface area contributed by atoms with Crippen LogP contribution in [0.15, 0.2) is 36.0 Å². The fraction of sp³-hybridized carbons (Fsp3) is 0.250. The number of nitrogens with two attached hydrogens (primary N) is 1. The normalized spacial score (nSPS) is 10.9. The first-order valence-corrected chi connectivity index (χ1v) is 7.78. The molecule has 0 saturated heterocycles. The van der Waals surface area contributed by atoms with E-state index < -0.39 is 0 Å². The minimum Gasteiger partial charge on any atom is -0.383 e. The number of allylic oxidation sites excluding steroid dienone is 2. The molecule has 0 aliphatic rings. The van der Waals surface area contributed by atoms with Gasteiger partial charge in [0.2, 0.25) is 0 Å². The summed E-state index contributed by atoms with van der Waals surface area (Å²) in [5, 5.41) is 0. The van der Waals surface area contributed by atoms with Crippen molar-refractivity contribution in [3.05, 3.63) is 40.8 Å². The van der Waals surface area contributed by atoms with Crippen LogP contribution >= 0.6 is 12.2 Å². The van der Waals surface area contributed by atoms with E-state index in [0.717, 1.165) is 24.5 Å². The number of nitrogen functional groups attached to an aromatic ring is 1. The lowest BCUT2D eigenvalue weighted by molar-refractivity contribution is 0.726. The number of aryl methyl sites for hydroxylation is 1. The van der Waals surface area contributed by atoms with Gasteiger partial charge < -0.3 is 15.3 Å². The van der Waals surface area contributed by atoms with E-state index in [2.05, 4.69) is 39.9 Å². The molecule has 0 fully saturated rings.